The number of imidazole rings is 2. The highest BCUT2D eigenvalue weighted by molar-refractivity contribution is 5.89. The van der Waals surface area contributed by atoms with Crippen molar-refractivity contribution < 1.29 is 29.0 Å². The van der Waals surface area contributed by atoms with Crippen molar-refractivity contribution in [2.45, 2.75) is 133 Å². The molecule has 3 aliphatic heterocycles. The summed E-state index contributed by atoms with van der Waals surface area (Å²) in [5.74, 6) is 2.26. The summed E-state index contributed by atoms with van der Waals surface area (Å²) >= 11 is 0. The van der Waals surface area contributed by atoms with Crippen molar-refractivity contribution in [2.75, 3.05) is 33.3 Å². The lowest BCUT2D eigenvalue weighted by Crippen LogP contribution is -2.51. The normalized spacial score (nSPS) is 25.6. The maximum atomic E-state index is 14.4. The van der Waals surface area contributed by atoms with Crippen LogP contribution in [0.1, 0.15) is 143 Å². The average molecular weight is 888 g/mol. The number of aliphatic hydroxyl groups excluding tert-OH is 1. The van der Waals surface area contributed by atoms with Gasteiger partial charge in [-0.25, -0.2) is 19.6 Å². The van der Waals surface area contributed by atoms with Crippen molar-refractivity contribution >= 4 is 23.9 Å². The number of carbonyl (C=O) groups excluding carboxylic acids is 4. The topological polar surface area (TPSA) is 189 Å². The second-order valence-corrected chi connectivity index (χ2v) is 19.5. The van der Waals surface area contributed by atoms with E-state index in [1.807, 2.05) is 66.4 Å². The fourth-order valence-electron chi connectivity index (χ4n) is 11.7. The molecule has 5 N–H and O–H groups in total. The first-order valence-corrected chi connectivity index (χ1v) is 24.0. The molecule has 346 valence electrons. The number of aromatic amines is 2. The van der Waals surface area contributed by atoms with E-state index in [2.05, 4.69) is 44.9 Å². The summed E-state index contributed by atoms with van der Waals surface area (Å²) in [6, 6.07) is 16.2. The van der Waals surface area contributed by atoms with Gasteiger partial charge in [0.25, 0.3) is 0 Å². The molecule has 2 saturated carbocycles. The van der Waals surface area contributed by atoms with Gasteiger partial charge in [-0.3, -0.25) is 9.59 Å². The van der Waals surface area contributed by atoms with Crippen molar-refractivity contribution in [2.24, 2.45) is 11.8 Å². The molecule has 4 aromatic rings. The number of aliphatic hydroxyl groups is 1. The number of carbonyl (C=O) groups is 4. The van der Waals surface area contributed by atoms with Gasteiger partial charge in [-0.1, -0.05) is 74.9 Å². The molecule has 9 rings (SSSR count). The molecule has 5 amide bonds. The molecule has 7 atom stereocenters. The number of hydrogen-bond donors (Lipinski definition) is 5. The number of ether oxygens (including phenoxy) is 1. The fourth-order valence-corrected chi connectivity index (χ4v) is 11.7. The van der Waals surface area contributed by atoms with Gasteiger partial charge in [0.15, 0.2) is 0 Å². The Morgan fingerprint density at radius 1 is 0.769 bits per heavy atom. The van der Waals surface area contributed by atoms with E-state index in [1.54, 1.807) is 4.90 Å². The van der Waals surface area contributed by atoms with E-state index in [4.69, 9.17) is 14.7 Å². The molecule has 7 unspecified atom stereocenters. The van der Waals surface area contributed by atoms with Crippen LogP contribution in [0.4, 0.5) is 9.59 Å². The Morgan fingerprint density at radius 2 is 1.45 bits per heavy atom. The number of hydrogen-bond acceptors (Lipinski definition) is 8. The lowest BCUT2D eigenvalue weighted by Gasteiger charge is -2.48. The van der Waals surface area contributed by atoms with E-state index in [9.17, 15) is 24.3 Å². The van der Waals surface area contributed by atoms with Gasteiger partial charge in [0.05, 0.1) is 37.2 Å². The van der Waals surface area contributed by atoms with Gasteiger partial charge in [-0.05, 0) is 105 Å². The van der Waals surface area contributed by atoms with Crippen LogP contribution in [0.25, 0.3) is 11.3 Å². The van der Waals surface area contributed by atoms with Gasteiger partial charge in [-0.2, -0.15) is 0 Å². The first-order chi connectivity index (χ1) is 31.5. The van der Waals surface area contributed by atoms with Crippen LogP contribution in [0.2, 0.25) is 0 Å². The van der Waals surface area contributed by atoms with E-state index in [0.29, 0.717) is 50.9 Å². The minimum absolute atomic E-state index is 0.0390. The van der Waals surface area contributed by atoms with Gasteiger partial charge in [0, 0.05) is 43.5 Å². The molecule has 2 aromatic heterocycles. The van der Waals surface area contributed by atoms with Crippen LogP contribution in [0, 0.1) is 11.8 Å². The average Bonchev–Trinajstić information content (AvgIpc) is 4.18. The van der Waals surface area contributed by atoms with Gasteiger partial charge in [0.2, 0.25) is 11.8 Å². The first kappa shape index (κ1) is 44.5. The number of nitrogens with one attached hydrogen (secondary N) is 4. The maximum absolute atomic E-state index is 14.4. The zero-order chi connectivity index (χ0) is 45.2. The number of amides is 5. The summed E-state index contributed by atoms with van der Waals surface area (Å²) in [7, 11) is 1.31. The molecule has 0 radical (unpaired) electrons. The van der Waals surface area contributed by atoms with Crippen LogP contribution >= 0.6 is 0 Å². The van der Waals surface area contributed by atoms with E-state index >= 15 is 0 Å². The third kappa shape index (κ3) is 9.13. The summed E-state index contributed by atoms with van der Waals surface area (Å²) in [5, 5.41) is 15.8. The zero-order valence-corrected chi connectivity index (χ0v) is 38.0. The second kappa shape index (κ2) is 19.0. The van der Waals surface area contributed by atoms with Crippen LogP contribution in [-0.4, -0.2) is 109 Å². The summed E-state index contributed by atoms with van der Waals surface area (Å²) in [5.41, 5.74) is 5.27. The number of rotatable bonds is 11. The van der Waals surface area contributed by atoms with Crippen molar-refractivity contribution in [3.63, 3.8) is 0 Å². The number of likely N-dealkylation sites (tertiary alicyclic amines) is 3. The minimum Gasteiger partial charge on any atom is -0.453 e. The Balaban J connectivity index is 0.849. The third-order valence-electron chi connectivity index (χ3n) is 15.3. The third-order valence-corrected chi connectivity index (χ3v) is 15.3. The lowest BCUT2D eigenvalue weighted by atomic mass is 9.56. The predicted molar refractivity (Wildman–Crippen MR) is 244 cm³/mol. The SMILES string of the molecule is COC(=O)NC(C(=O)N1CCCC1c1ncc(C23CCCC(C2)C(c2ccc(-c4cnc(C5CCCN5C(=O)C(NC(=O)N5CCC(O)CC5)c5ccccc5)[nH]4)cc2)CC3)[nH]1)C(C)C. The fraction of sp³-hybridized carbons (Fsp3) is 0.560. The van der Waals surface area contributed by atoms with E-state index in [-0.39, 0.29) is 41.3 Å². The van der Waals surface area contributed by atoms with Crippen LogP contribution in [-0.2, 0) is 19.7 Å². The number of alkyl carbamates (subject to hydrolysis) is 1. The number of nitrogens with zero attached hydrogens (tertiary/aromatic N) is 5. The number of aromatic nitrogens is 4. The molecule has 2 aromatic carbocycles. The molecular weight excluding hydrogens is 823 g/mol. The van der Waals surface area contributed by atoms with Crippen molar-refractivity contribution in [1.29, 1.82) is 0 Å². The smallest absolute Gasteiger partial charge is 0.407 e. The zero-order valence-electron chi connectivity index (χ0n) is 38.0. The second-order valence-electron chi connectivity index (χ2n) is 19.5. The molecule has 2 aliphatic carbocycles. The molecule has 5 heterocycles. The van der Waals surface area contributed by atoms with Crippen LogP contribution < -0.4 is 10.6 Å². The molecule has 3 saturated heterocycles. The van der Waals surface area contributed by atoms with E-state index in [1.165, 1.54) is 24.8 Å². The number of urea groups is 1. The highest BCUT2D eigenvalue weighted by atomic mass is 16.5. The number of benzene rings is 2. The van der Waals surface area contributed by atoms with Crippen molar-refractivity contribution in [3.05, 3.63) is 95.5 Å². The van der Waals surface area contributed by atoms with Crippen molar-refractivity contribution in [1.82, 2.24) is 45.3 Å². The number of fused-ring (bicyclic) bond motifs is 2. The first-order valence-electron chi connectivity index (χ1n) is 24.0. The summed E-state index contributed by atoms with van der Waals surface area (Å²) in [6.07, 6.45) is 14.0. The van der Waals surface area contributed by atoms with Crippen LogP contribution in [0.5, 0.6) is 0 Å². The number of piperidine rings is 1. The van der Waals surface area contributed by atoms with Gasteiger partial charge in [0.1, 0.15) is 23.7 Å². The summed E-state index contributed by atoms with van der Waals surface area (Å²) in [6.45, 7) is 5.97. The Labute approximate surface area is 381 Å². The number of methoxy groups -OCH3 is 1. The van der Waals surface area contributed by atoms with Crippen LogP contribution in [0.3, 0.4) is 0 Å². The molecule has 5 fully saturated rings. The molecule has 2 bridgehead atoms. The van der Waals surface area contributed by atoms with Crippen LogP contribution in [0.15, 0.2) is 67.0 Å². The largest absolute Gasteiger partial charge is 0.453 e. The summed E-state index contributed by atoms with van der Waals surface area (Å²) < 4.78 is 4.82. The predicted octanol–water partition coefficient (Wildman–Crippen LogP) is 7.42. The quantitative estimate of drug-likeness (QED) is 0.103. The highest BCUT2D eigenvalue weighted by Gasteiger charge is 2.47. The lowest BCUT2D eigenvalue weighted by molar-refractivity contribution is -0.135. The van der Waals surface area contributed by atoms with Gasteiger partial charge in [-0.15, -0.1) is 0 Å². The molecule has 65 heavy (non-hydrogen) atoms. The Kier molecular flexibility index (Phi) is 13.0. The maximum Gasteiger partial charge on any atom is 0.407 e. The molecule has 5 aliphatic rings. The van der Waals surface area contributed by atoms with Gasteiger partial charge < -0.3 is 45.1 Å². The molecular formula is C50H65N9O6. The Hall–Kier alpha value is -5.70. The van der Waals surface area contributed by atoms with E-state index in [0.717, 1.165) is 86.3 Å². The summed E-state index contributed by atoms with van der Waals surface area (Å²) in [4.78, 5) is 76.2. The van der Waals surface area contributed by atoms with Gasteiger partial charge >= 0.3 is 12.1 Å². The number of H-pyrrole nitrogens is 2. The molecule has 15 nitrogen and oxygen atoms in total. The highest BCUT2D eigenvalue weighted by Crippen LogP contribution is 2.55. The monoisotopic (exact) mass is 888 g/mol. The van der Waals surface area contributed by atoms with E-state index < -0.39 is 24.3 Å². The Morgan fingerprint density at radius 3 is 2.14 bits per heavy atom. The minimum atomic E-state index is -0.841. The van der Waals surface area contributed by atoms with Crippen molar-refractivity contribution in [3.8, 4) is 11.3 Å². The molecule has 0 spiro atoms. The standard InChI is InChI=1S/C50H65N9O6/c1-31(2)42(56-49(64)65-3)46(61)58-24-9-14-40(58)45-52-30-41(54-45)50-22-7-12-35(28-50)37(19-23-50)32-15-17-33(18-16-32)38-29-51-44(53-38)39-13-8-25-59(39)47(62)43(34-10-5-4-6-11-34)55-48(63)57-26-20-36(60)21-27-57/h4-6,10-11,15-18,29-31,35-37,39-40,42-43,60H,7-9,12-14,19-28H2,1-3H3,(H,51,53)(H,52,54)(H,55,63)(H,56,64). The molecule has 15 heteroatoms. The Bertz CT molecular complexity index is 2310.